The molecule has 3 aromatic rings. The predicted molar refractivity (Wildman–Crippen MR) is 187 cm³/mol. The first-order valence-corrected chi connectivity index (χ1v) is 18.8. The van der Waals surface area contributed by atoms with E-state index >= 15 is 0 Å². The van der Waals surface area contributed by atoms with Crippen LogP contribution in [-0.2, 0) is 49.7 Å². The van der Waals surface area contributed by atoms with Gasteiger partial charge in [-0.2, -0.15) is 13.2 Å². The smallest absolute Gasteiger partial charge is 0.416 e. The zero-order valence-corrected chi connectivity index (χ0v) is 30.0. The van der Waals surface area contributed by atoms with Crippen LogP contribution in [0.2, 0.25) is 0 Å². The third-order valence-corrected chi connectivity index (χ3v) is 10.5. The Balaban J connectivity index is 1.83. The predicted octanol–water partition coefficient (Wildman–Crippen LogP) is 6.28. The number of hydrogen-bond acceptors (Lipinski definition) is 8. The zero-order valence-electron chi connectivity index (χ0n) is 29.1. The normalized spacial score (nSPS) is 13.7. The van der Waals surface area contributed by atoms with Crippen molar-refractivity contribution in [3.05, 3.63) is 107 Å². The highest BCUT2D eigenvalue weighted by atomic mass is 32.2. The Bertz CT molecular complexity index is 1670. The molecule has 15 heteroatoms. The van der Waals surface area contributed by atoms with Crippen LogP contribution in [0.3, 0.4) is 0 Å². The molecule has 0 saturated carbocycles. The molecule has 0 aliphatic carbocycles. The van der Waals surface area contributed by atoms with Crippen molar-refractivity contribution in [2.24, 2.45) is 5.73 Å². The van der Waals surface area contributed by atoms with Gasteiger partial charge in [-0.3, -0.25) is 0 Å². The van der Waals surface area contributed by atoms with Crippen molar-refractivity contribution in [2.75, 3.05) is 18.8 Å². The summed E-state index contributed by atoms with van der Waals surface area (Å²) >= 11 is 0. The highest BCUT2D eigenvalue weighted by molar-refractivity contribution is 7.92. The third-order valence-electron chi connectivity index (χ3n) is 8.25. The maximum atomic E-state index is 14.0. The van der Waals surface area contributed by atoms with Crippen molar-refractivity contribution in [3.63, 3.8) is 0 Å². The number of nitrogens with one attached hydrogen (secondary N) is 2. The maximum Gasteiger partial charge on any atom is 0.416 e. The van der Waals surface area contributed by atoms with Gasteiger partial charge in [-0.1, -0.05) is 75.2 Å². The molecule has 0 bridgehead atoms. The van der Waals surface area contributed by atoms with Crippen molar-refractivity contribution in [2.45, 2.75) is 88.6 Å². The Morgan fingerprint density at radius 1 is 0.865 bits per heavy atom. The number of ether oxygens (including phenoxy) is 2. The SMILES string of the molecule is CCCC(CCC)S(=O)(=O)C[C@H](NC(=O)OCc1ccccc1)C(=O)O[C@H](CNCCc1cccc(C(F)(F)F)c1)[C@@H](N)Cc1cc(F)cc(F)c1. The van der Waals surface area contributed by atoms with Crippen LogP contribution in [-0.4, -0.2) is 62.8 Å². The zero-order chi connectivity index (χ0) is 38.3. The Hall–Kier alpha value is -4.08. The standard InChI is InChI=1S/C37H46F5N3O6S/c1-3-9-31(10-4-2)52(48,49)24-33(45-36(47)50-23-26-11-6-5-7-12-26)35(46)51-34(32(43)20-27-18-29(38)21-30(39)19-27)22-44-16-15-25-13-8-14-28(17-25)37(40,41)42/h5-8,11-14,17-19,21,31-34,44H,3-4,9-10,15-16,20,22-24,43H2,1-2H3,(H,45,47)/t32-,33-,34+/m0/s1. The van der Waals surface area contributed by atoms with E-state index in [0.29, 0.717) is 42.9 Å². The first kappa shape index (κ1) is 42.3. The summed E-state index contributed by atoms with van der Waals surface area (Å²) in [5.74, 6) is -3.64. The molecule has 0 aliphatic rings. The second-order valence-corrected chi connectivity index (χ2v) is 14.9. The summed E-state index contributed by atoms with van der Waals surface area (Å²) in [4.78, 5) is 26.6. The first-order chi connectivity index (χ1) is 24.6. The van der Waals surface area contributed by atoms with Gasteiger partial charge >= 0.3 is 18.2 Å². The number of amides is 1. The summed E-state index contributed by atoms with van der Waals surface area (Å²) in [6.07, 6.45) is -5.05. The molecule has 0 fully saturated rings. The molecule has 3 rings (SSSR count). The number of esters is 1. The Kier molecular flexibility index (Phi) is 16.5. The fourth-order valence-corrected chi connectivity index (χ4v) is 7.76. The van der Waals surface area contributed by atoms with E-state index < -0.39 is 74.5 Å². The van der Waals surface area contributed by atoms with Crippen LogP contribution < -0.4 is 16.4 Å². The van der Waals surface area contributed by atoms with Gasteiger partial charge in [0, 0.05) is 18.7 Å². The molecule has 3 aromatic carbocycles. The average Bonchev–Trinajstić information content (AvgIpc) is 3.08. The number of rotatable bonds is 20. The van der Waals surface area contributed by atoms with E-state index in [4.69, 9.17) is 15.2 Å². The van der Waals surface area contributed by atoms with Crippen molar-refractivity contribution >= 4 is 21.9 Å². The van der Waals surface area contributed by atoms with Crippen molar-refractivity contribution in [1.29, 1.82) is 0 Å². The number of carbonyl (C=O) groups excluding carboxylic acids is 2. The molecule has 4 N–H and O–H groups in total. The Morgan fingerprint density at radius 2 is 1.50 bits per heavy atom. The van der Waals surface area contributed by atoms with E-state index in [9.17, 15) is 40.0 Å². The monoisotopic (exact) mass is 755 g/mol. The van der Waals surface area contributed by atoms with Gasteiger partial charge in [-0.25, -0.2) is 26.8 Å². The van der Waals surface area contributed by atoms with Crippen LogP contribution in [0, 0.1) is 11.6 Å². The summed E-state index contributed by atoms with van der Waals surface area (Å²) in [5, 5.41) is 4.54. The van der Waals surface area contributed by atoms with Crippen molar-refractivity contribution < 1.29 is 49.4 Å². The average molecular weight is 756 g/mol. The van der Waals surface area contributed by atoms with Crippen molar-refractivity contribution in [3.8, 4) is 0 Å². The van der Waals surface area contributed by atoms with Gasteiger partial charge in [0.05, 0.1) is 16.6 Å². The second kappa shape index (κ2) is 20.2. The fraction of sp³-hybridized carbons (Fsp3) is 0.459. The van der Waals surface area contributed by atoms with Gasteiger partial charge in [0.25, 0.3) is 0 Å². The number of hydrogen-bond donors (Lipinski definition) is 3. The Morgan fingerprint density at radius 3 is 2.12 bits per heavy atom. The van der Waals surface area contributed by atoms with Crippen molar-refractivity contribution in [1.82, 2.24) is 10.6 Å². The highest BCUT2D eigenvalue weighted by Crippen LogP contribution is 2.29. The quantitative estimate of drug-likeness (QED) is 0.0697. The summed E-state index contributed by atoms with van der Waals surface area (Å²) < 4.78 is 106. The molecule has 0 aliphatic heterocycles. The third kappa shape index (κ3) is 14.2. The number of alkyl carbamates (subject to hydrolysis) is 1. The maximum absolute atomic E-state index is 14.0. The van der Waals surface area contributed by atoms with E-state index in [-0.39, 0.29) is 38.1 Å². The molecule has 0 spiro atoms. The van der Waals surface area contributed by atoms with Crippen LogP contribution in [0.15, 0.2) is 72.8 Å². The van der Waals surface area contributed by atoms with Crippen LogP contribution in [0.4, 0.5) is 26.7 Å². The second-order valence-electron chi connectivity index (χ2n) is 12.6. The van der Waals surface area contributed by atoms with E-state index in [0.717, 1.165) is 24.3 Å². The van der Waals surface area contributed by atoms with Crippen LogP contribution in [0.25, 0.3) is 0 Å². The van der Waals surface area contributed by atoms with Gasteiger partial charge in [-0.05, 0) is 67.1 Å². The molecule has 0 saturated heterocycles. The highest BCUT2D eigenvalue weighted by Gasteiger charge is 2.36. The molecular weight excluding hydrogens is 709 g/mol. The lowest BCUT2D eigenvalue weighted by molar-refractivity contribution is -0.151. The number of nitrogens with two attached hydrogens (primary N) is 1. The molecule has 3 atom stereocenters. The topological polar surface area (TPSA) is 137 Å². The fourth-order valence-electron chi connectivity index (χ4n) is 5.62. The first-order valence-electron chi connectivity index (χ1n) is 17.1. The summed E-state index contributed by atoms with van der Waals surface area (Å²) in [6.45, 7) is 3.45. The molecule has 286 valence electrons. The molecule has 1 amide bonds. The minimum Gasteiger partial charge on any atom is -0.458 e. The van der Waals surface area contributed by atoms with Crippen LogP contribution >= 0.6 is 0 Å². The minimum absolute atomic E-state index is 0.119. The molecule has 9 nitrogen and oxygen atoms in total. The summed E-state index contributed by atoms with van der Waals surface area (Å²) in [7, 11) is -3.96. The van der Waals surface area contributed by atoms with Gasteiger partial charge in [0.1, 0.15) is 30.4 Å². The molecule has 0 heterocycles. The number of benzene rings is 3. The lowest BCUT2D eigenvalue weighted by Gasteiger charge is -2.28. The lowest BCUT2D eigenvalue weighted by Crippen LogP contribution is -2.52. The molecular formula is C37H46F5N3O6S. The van der Waals surface area contributed by atoms with Gasteiger partial charge in [-0.15, -0.1) is 0 Å². The molecule has 0 radical (unpaired) electrons. The number of alkyl halides is 3. The number of sulfone groups is 1. The molecule has 0 aromatic heterocycles. The van der Waals surface area contributed by atoms with Crippen LogP contribution in [0.1, 0.15) is 61.8 Å². The van der Waals surface area contributed by atoms with Gasteiger partial charge < -0.3 is 25.8 Å². The van der Waals surface area contributed by atoms with Gasteiger partial charge in [0.2, 0.25) is 0 Å². The van der Waals surface area contributed by atoms with E-state index in [1.54, 1.807) is 30.3 Å². The van der Waals surface area contributed by atoms with E-state index in [2.05, 4.69) is 10.6 Å². The molecule has 52 heavy (non-hydrogen) atoms. The number of carbonyl (C=O) groups is 2. The van der Waals surface area contributed by atoms with E-state index in [1.165, 1.54) is 12.1 Å². The lowest BCUT2D eigenvalue weighted by atomic mass is 10.0. The molecule has 0 unspecified atom stereocenters. The number of halogens is 5. The Labute approximate surface area is 301 Å². The van der Waals surface area contributed by atoms with E-state index in [1.807, 2.05) is 13.8 Å². The minimum atomic E-state index is -4.52. The van der Waals surface area contributed by atoms with Crippen LogP contribution in [0.5, 0.6) is 0 Å². The summed E-state index contributed by atoms with van der Waals surface area (Å²) in [5.41, 5.74) is 6.78. The van der Waals surface area contributed by atoms with Gasteiger partial charge in [0.15, 0.2) is 9.84 Å². The summed E-state index contributed by atoms with van der Waals surface area (Å²) in [6, 6.07) is 13.4. The largest absolute Gasteiger partial charge is 0.458 e.